The Morgan fingerprint density at radius 1 is 1.26 bits per heavy atom. The van der Waals surface area contributed by atoms with E-state index in [2.05, 4.69) is 29.5 Å². The molecule has 1 heterocycles. The molecular weight excluding hydrogens is 455 g/mol. The topological polar surface area (TPSA) is 66.0 Å². The Labute approximate surface area is 180 Å². The zero-order valence-corrected chi connectivity index (χ0v) is 18.8. The van der Waals surface area contributed by atoms with Crippen LogP contribution >= 0.6 is 24.0 Å². The Kier molecular flexibility index (Phi) is 11.9. The summed E-state index contributed by atoms with van der Waals surface area (Å²) in [4.78, 5) is 18.6. The molecule has 1 aliphatic heterocycles. The number of carbonyl (C=O) groups is 1. The molecule has 2 rings (SSSR count). The molecule has 6 nitrogen and oxygen atoms in total. The van der Waals surface area contributed by atoms with E-state index in [1.165, 1.54) is 0 Å². The number of rotatable bonds is 10. The fourth-order valence-corrected chi connectivity index (χ4v) is 3.16. The highest BCUT2D eigenvalue weighted by atomic mass is 127. The van der Waals surface area contributed by atoms with Gasteiger partial charge >= 0.3 is 0 Å². The van der Waals surface area contributed by atoms with Crippen LogP contribution in [0.3, 0.4) is 0 Å². The number of hydrogen-bond acceptors (Lipinski definition) is 3. The molecule has 1 unspecified atom stereocenters. The van der Waals surface area contributed by atoms with Crippen LogP contribution in [0.25, 0.3) is 0 Å². The first-order valence-electron chi connectivity index (χ1n) is 9.74. The number of para-hydroxylation sites is 1. The van der Waals surface area contributed by atoms with E-state index in [0.717, 1.165) is 44.1 Å². The smallest absolute Gasteiger partial charge is 0.222 e. The molecule has 7 heteroatoms. The van der Waals surface area contributed by atoms with Crippen LogP contribution in [0, 0.1) is 0 Å². The lowest BCUT2D eigenvalue weighted by atomic mass is 10.1. The van der Waals surface area contributed by atoms with Gasteiger partial charge < -0.3 is 20.3 Å². The molecular formula is C20H33IN4O2. The van der Waals surface area contributed by atoms with Crippen LogP contribution in [0.1, 0.15) is 39.5 Å². The Balaban J connectivity index is 0.00000364. The number of likely N-dealkylation sites (tertiary alicyclic amines) is 1. The first-order valence-corrected chi connectivity index (χ1v) is 9.74. The largest absolute Gasteiger partial charge is 0.492 e. The lowest BCUT2D eigenvalue weighted by molar-refractivity contribution is -0.129. The highest BCUT2D eigenvalue weighted by Gasteiger charge is 2.26. The van der Waals surface area contributed by atoms with Gasteiger partial charge in [0.05, 0.1) is 6.54 Å². The molecule has 152 valence electrons. The highest BCUT2D eigenvalue weighted by molar-refractivity contribution is 14.0. The van der Waals surface area contributed by atoms with Gasteiger partial charge in [0.2, 0.25) is 5.91 Å². The zero-order valence-electron chi connectivity index (χ0n) is 16.4. The standard InChI is InChI=1S/C20H32N4O2.HI/c1-3-17(24-15-8-11-19(24)25)12-13-22-20(21-4-2)23-14-16-26-18-9-6-5-7-10-18;/h5-7,9-10,17H,3-4,8,11-16H2,1-2H3,(H2,21,22,23);1H. The zero-order chi connectivity index (χ0) is 18.6. The number of halogens is 1. The first-order chi connectivity index (χ1) is 12.7. The normalized spacial score (nSPS) is 15.3. The van der Waals surface area contributed by atoms with E-state index in [4.69, 9.17) is 4.74 Å². The molecule has 27 heavy (non-hydrogen) atoms. The number of hydrogen-bond donors (Lipinski definition) is 2. The Bertz CT molecular complexity index is 568. The maximum Gasteiger partial charge on any atom is 0.222 e. The van der Waals surface area contributed by atoms with Gasteiger partial charge in [-0.1, -0.05) is 25.1 Å². The van der Waals surface area contributed by atoms with E-state index in [0.29, 0.717) is 38.1 Å². The lowest BCUT2D eigenvalue weighted by Gasteiger charge is -2.26. The minimum Gasteiger partial charge on any atom is -0.492 e. The van der Waals surface area contributed by atoms with Gasteiger partial charge in [0, 0.05) is 32.1 Å². The van der Waals surface area contributed by atoms with E-state index < -0.39 is 0 Å². The third-order valence-electron chi connectivity index (χ3n) is 4.50. The van der Waals surface area contributed by atoms with Gasteiger partial charge in [-0.25, -0.2) is 0 Å². The number of benzene rings is 1. The van der Waals surface area contributed by atoms with Crippen molar-refractivity contribution in [2.24, 2.45) is 4.99 Å². The quantitative estimate of drug-likeness (QED) is 0.230. The van der Waals surface area contributed by atoms with Crippen molar-refractivity contribution in [2.75, 3.05) is 32.8 Å². The summed E-state index contributed by atoms with van der Waals surface area (Å²) >= 11 is 0. The number of ether oxygens (including phenoxy) is 1. The monoisotopic (exact) mass is 488 g/mol. The summed E-state index contributed by atoms with van der Waals surface area (Å²) in [6.45, 7) is 7.87. The predicted octanol–water partition coefficient (Wildman–Crippen LogP) is 3.03. The molecule has 1 fully saturated rings. The summed E-state index contributed by atoms with van der Waals surface area (Å²) in [5.41, 5.74) is 0. The van der Waals surface area contributed by atoms with E-state index in [-0.39, 0.29) is 24.0 Å². The van der Waals surface area contributed by atoms with Crippen LogP contribution in [-0.4, -0.2) is 55.6 Å². The van der Waals surface area contributed by atoms with Gasteiger partial charge in [-0.05, 0) is 38.3 Å². The summed E-state index contributed by atoms with van der Waals surface area (Å²) < 4.78 is 5.68. The lowest BCUT2D eigenvalue weighted by Crippen LogP contribution is -2.40. The van der Waals surface area contributed by atoms with Crippen LogP contribution in [0.2, 0.25) is 0 Å². The predicted molar refractivity (Wildman–Crippen MR) is 121 cm³/mol. The SMILES string of the molecule is CCNC(=NCCC(CC)N1CCCC1=O)NCCOc1ccccc1.I. The molecule has 1 amide bonds. The van der Waals surface area contributed by atoms with Crippen molar-refractivity contribution in [3.05, 3.63) is 30.3 Å². The minimum absolute atomic E-state index is 0. The molecule has 1 atom stereocenters. The van der Waals surface area contributed by atoms with Crippen molar-refractivity contribution in [2.45, 2.75) is 45.6 Å². The second-order valence-electron chi connectivity index (χ2n) is 6.39. The van der Waals surface area contributed by atoms with E-state index in [9.17, 15) is 4.79 Å². The third-order valence-corrected chi connectivity index (χ3v) is 4.50. The number of nitrogens with zero attached hydrogens (tertiary/aromatic N) is 2. The molecule has 0 radical (unpaired) electrons. The number of nitrogens with one attached hydrogen (secondary N) is 2. The second kappa shape index (κ2) is 13.6. The van der Waals surface area contributed by atoms with Crippen molar-refractivity contribution in [3.8, 4) is 5.75 Å². The minimum atomic E-state index is 0. The summed E-state index contributed by atoms with van der Waals surface area (Å²) in [5, 5.41) is 6.55. The fraction of sp³-hybridized carbons (Fsp3) is 0.600. The van der Waals surface area contributed by atoms with Crippen molar-refractivity contribution in [1.29, 1.82) is 0 Å². The van der Waals surface area contributed by atoms with Gasteiger partial charge in [0.1, 0.15) is 12.4 Å². The Hall–Kier alpha value is -1.51. The molecule has 1 aromatic carbocycles. The van der Waals surface area contributed by atoms with Gasteiger partial charge in [-0.3, -0.25) is 9.79 Å². The van der Waals surface area contributed by atoms with Crippen molar-refractivity contribution in [3.63, 3.8) is 0 Å². The average Bonchev–Trinajstić information content (AvgIpc) is 3.09. The molecule has 1 aromatic rings. The van der Waals surface area contributed by atoms with Crippen molar-refractivity contribution < 1.29 is 9.53 Å². The molecule has 2 N–H and O–H groups in total. The first kappa shape index (κ1) is 23.5. The van der Waals surface area contributed by atoms with Gasteiger partial charge in [-0.2, -0.15) is 0 Å². The van der Waals surface area contributed by atoms with Crippen LogP contribution in [0.15, 0.2) is 35.3 Å². The van der Waals surface area contributed by atoms with E-state index in [1.54, 1.807) is 0 Å². The van der Waals surface area contributed by atoms with Crippen molar-refractivity contribution in [1.82, 2.24) is 15.5 Å². The molecule has 0 bridgehead atoms. The number of amides is 1. The summed E-state index contributed by atoms with van der Waals surface area (Å²) in [7, 11) is 0. The maximum absolute atomic E-state index is 11.9. The van der Waals surface area contributed by atoms with Gasteiger partial charge in [0.15, 0.2) is 5.96 Å². The van der Waals surface area contributed by atoms with Crippen LogP contribution in [0.4, 0.5) is 0 Å². The van der Waals surface area contributed by atoms with Crippen LogP contribution < -0.4 is 15.4 Å². The van der Waals surface area contributed by atoms with E-state index >= 15 is 0 Å². The molecule has 0 saturated carbocycles. The fourth-order valence-electron chi connectivity index (χ4n) is 3.16. The third kappa shape index (κ3) is 8.36. The number of carbonyl (C=O) groups excluding carboxylic acids is 1. The van der Waals surface area contributed by atoms with Crippen LogP contribution in [-0.2, 0) is 4.79 Å². The summed E-state index contributed by atoms with van der Waals surface area (Å²) in [6, 6.07) is 10.1. The molecule has 0 spiro atoms. The molecule has 0 aromatic heterocycles. The van der Waals surface area contributed by atoms with Gasteiger partial charge in [0.25, 0.3) is 0 Å². The number of aliphatic imine (C=N–C) groups is 1. The van der Waals surface area contributed by atoms with Crippen LogP contribution in [0.5, 0.6) is 5.75 Å². The molecule has 1 saturated heterocycles. The highest BCUT2D eigenvalue weighted by Crippen LogP contribution is 2.18. The molecule has 0 aliphatic carbocycles. The second-order valence-corrected chi connectivity index (χ2v) is 6.39. The van der Waals surface area contributed by atoms with Crippen molar-refractivity contribution >= 4 is 35.8 Å². The Morgan fingerprint density at radius 3 is 2.67 bits per heavy atom. The molecule has 1 aliphatic rings. The van der Waals surface area contributed by atoms with Gasteiger partial charge in [-0.15, -0.1) is 24.0 Å². The Morgan fingerprint density at radius 2 is 2.04 bits per heavy atom. The average molecular weight is 488 g/mol. The summed E-state index contributed by atoms with van der Waals surface area (Å²) in [5.74, 6) is 1.97. The maximum atomic E-state index is 11.9. The number of guanidine groups is 1. The van der Waals surface area contributed by atoms with E-state index in [1.807, 2.05) is 35.2 Å². The summed E-state index contributed by atoms with van der Waals surface area (Å²) in [6.07, 6.45) is 3.57.